The van der Waals surface area contributed by atoms with E-state index in [0.29, 0.717) is 17.4 Å². The molecule has 0 aliphatic carbocycles. The predicted octanol–water partition coefficient (Wildman–Crippen LogP) is 4.69. The van der Waals surface area contributed by atoms with Gasteiger partial charge in [-0.2, -0.15) is 0 Å². The van der Waals surface area contributed by atoms with E-state index in [-0.39, 0.29) is 5.02 Å². The molecule has 1 unspecified atom stereocenters. The highest BCUT2D eigenvalue weighted by Crippen LogP contribution is 2.27. The summed E-state index contributed by atoms with van der Waals surface area (Å²) < 4.78 is 13.1. The van der Waals surface area contributed by atoms with Gasteiger partial charge in [-0.15, -0.1) is 0 Å². The molecular formula is C14H22ClFN2. The summed E-state index contributed by atoms with van der Waals surface area (Å²) in [5.74, 6) is 0.245. The quantitative estimate of drug-likeness (QED) is 0.738. The number of rotatable bonds is 6. The molecule has 0 bridgehead atoms. The van der Waals surface area contributed by atoms with E-state index in [0.717, 1.165) is 12.3 Å². The molecule has 0 saturated heterocycles. The largest absolute Gasteiger partial charge is 0.397 e. The molecule has 18 heavy (non-hydrogen) atoms. The fraction of sp³-hybridized carbons (Fsp3) is 0.571. The lowest BCUT2D eigenvalue weighted by atomic mass is 10.0. The average Bonchev–Trinajstić information content (AvgIpc) is 2.25. The van der Waals surface area contributed by atoms with Crippen molar-refractivity contribution in [2.75, 3.05) is 11.1 Å². The first-order valence-corrected chi connectivity index (χ1v) is 6.79. The van der Waals surface area contributed by atoms with Crippen LogP contribution in [0.4, 0.5) is 15.8 Å². The van der Waals surface area contributed by atoms with E-state index >= 15 is 0 Å². The van der Waals surface area contributed by atoms with E-state index in [2.05, 4.69) is 26.1 Å². The lowest BCUT2D eigenvalue weighted by Gasteiger charge is -2.17. The number of hydrogen-bond donors (Lipinski definition) is 2. The molecule has 0 saturated carbocycles. The Bertz CT molecular complexity index is 394. The molecule has 0 fully saturated rings. The van der Waals surface area contributed by atoms with Gasteiger partial charge in [-0.25, -0.2) is 4.39 Å². The van der Waals surface area contributed by atoms with Crippen LogP contribution in [0.1, 0.15) is 40.0 Å². The van der Waals surface area contributed by atoms with Gasteiger partial charge in [-0.3, -0.25) is 0 Å². The Morgan fingerprint density at radius 2 is 1.94 bits per heavy atom. The zero-order chi connectivity index (χ0) is 13.7. The Morgan fingerprint density at radius 1 is 1.28 bits per heavy atom. The van der Waals surface area contributed by atoms with Crippen LogP contribution in [-0.2, 0) is 0 Å². The van der Waals surface area contributed by atoms with Crippen molar-refractivity contribution < 1.29 is 4.39 Å². The number of anilines is 2. The van der Waals surface area contributed by atoms with Gasteiger partial charge in [0.1, 0.15) is 5.82 Å². The van der Waals surface area contributed by atoms with E-state index in [1.54, 1.807) is 6.07 Å². The van der Waals surface area contributed by atoms with Crippen LogP contribution in [0.15, 0.2) is 12.1 Å². The molecule has 0 heterocycles. The maximum atomic E-state index is 13.1. The zero-order valence-corrected chi connectivity index (χ0v) is 12.0. The summed E-state index contributed by atoms with van der Waals surface area (Å²) >= 11 is 5.74. The van der Waals surface area contributed by atoms with Crippen molar-refractivity contribution >= 4 is 23.0 Å². The minimum Gasteiger partial charge on any atom is -0.397 e. The molecule has 1 atom stereocenters. The second kappa shape index (κ2) is 6.83. The van der Waals surface area contributed by atoms with Gasteiger partial charge in [0.15, 0.2) is 0 Å². The molecule has 3 N–H and O–H groups in total. The Balaban J connectivity index is 2.54. The van der Waals surface area contributed by atoms with E-state index in [9.17, 15) is 4.39 Å². The smallest absolute Gasteiger partial charge is 0.143 e. The average molecular weight is 273 g/mol. The van der Waals surface area contributed by atoms with Crippen LogP contribution in [0.2, 0.25) is 5.02 Å². The molecular weight excluding hydrogens is 251 g/mol. The molecule has 0 aliphatic heterocycles. The number of nitrogens with one attached hydrogen (secondary N) is 1. The second-order valence-corrected chi connectivity index (χ2v) is 5.63. The number of hydrogen-bond acceptors (Lipinski definition) is 2. The molecule has 1 aromatic rings. The standard InChI is InChI=1S/C14H22ClFN2/c1-9(2)5-4-6-10(3)18-14-7-11(15)12(16)8-13(14)17/h7-10,18H,4-6,17H2,1-3H3. The molecule has 0 spiro atoms. The number of nitrogens with two attached hydrogens (primary N) is 1. The third kappa shape index (κ3) is 4.73. The molecule has 1 aromatic carbocycles. The van der Waals surface area contributed by atoms with E-state index in [1.807, 2.05) is 0 Å². The predicted molar refractivity (Wildman–Crippen MR) is 77.6 cm³/mol. The summed E-state index contributed by atoms with van der Waals surface area (Å²) in [7, 11) is 0. The summed E-state index contributed by atoms with van der Waals surface area (Å²) in [6.07, 6.45) is 3.44. The monoisotopic (exact) mass is 272 g/mol. The van der Waals surface area contributed by atoms with Gasteiger partial charge in [0, 0.05) is 12.1 Å². The van der Waals surface area contributed by atoms with Crippen LogP contribution in [0, 0.1) is 11.7 Å². The molecule has 0 aromatic heterocycles. The van der Waals surface area contributed by atoms with Gasteiger partial charge >= 0.3 is 0 Å². The summed E-state index contributed by atoms with van der Waals surface area (Å²) in [5, 5.41) is 3.37. The highest BCUT2D eigenvalue weighted by Gasteiger charge is 2.09. The van der Waals surface area contributed by atoms with E-state index in [4.69, 9.17) is 17.3 Å². The van der Waals surface area contributed by atoms with Crippen LogP contribution in [0.5, 0.6) is 0 Å². The van der Waals surface area contributed by atoms with Crippen molar-refractivity contribution in [2.45, 2.75) is 46.1 Å². The van der Waals surface area contributed by atoms with Crippen molar-refractivity contribution in [3.05, 3.63) is 23.0 Å². The van der Waals surface area contributed by atoms with Gasteiger partial charge in [-0.05, 0) is 25.3 Å². The maximum absolute atomic E-state index is 13.1. The van der Waals surface area contributed by atoms with Gasteiger partial charge in [0.25, 0.3) is 0 Å². The summed E-state index contributed by atoms with van der Waals surface area (Å²) in [6.45, 7) is 6.53. The number of benzene rings is 1. The first-order valence-electron chi connectivity index (χ1n) is 6.41. The van der Waals surface area contributed by atoms with Crippen molar-refractivity contribution in [3.8, 4) is 0 Å². The van der Waals surface area contributed by atoms with Crippen LogP contribution >= 0.6 is 11.6 Å². The second-order valence-electron chi connectivity index (χ2n) is 5.22. The fourth-order valence-electron chi connectivity index (χ4n) is 1.86. The normalized spacial score (nSPS) is 12.8. The molecule has 0 radical (unpaired) electrons. The Labute approximate surface area is 114 Å². The van der Waals surface area contributed by atoms with Gasteiger partial charge in [0.05, 0.1) is 16.4 Å². The first-order chi connectivity index (χ1) is 8.40. The van der Waals surface area contributed by atoms with Crippen LogP contribution in [0.3, 0.4) is 0 Å². The molecule has 102 valence electrons. The minimum absolute atomic E-state index is 0.0982. The highest BCUT2D eigenvalue weighted by atomic mass is 35.5. The van der Waals surface area contributed by atoms with Gasteiger partial charge in [0.2, 0.25) is 0 Å². The maximum Gasteiger partial charge on any atom is 0.143 e. The molecule has 0 aliphatic rings. The Morgan fingerprint density at radius 3 is 2.56 bits per heavy atom. The zero-order valence-electron chi connectivity index (χ0n) is 11.3. The fourth-order valence-corrected chi connectivity index (χ4v) is 2.02. The van der Waals surface area contributed by atoms with E-state index in [1.165, 1.54) is 18.9 Å². The summed E-state index contributed by atoms with van der Waals surface area (Å²) in [4.78, 5) is 0. The highest BCUT2D eigenvalue weighted by molar-refractivity contribution is 6.31. The minimum atomic E-state index is -0.479. The summed E-state index contributed by atoms with van der Waals surface area (Å²) in [5.41, 5.74) is 6.86. The molecule has 4 heteroatoms. The third-order valence-electron chi connectivity index (χ3n) is 2.91. The van der Waals surface area contributed by atoms with Gasteiger partial charge < -0.3 is 11.1 Å². The van der Waals surface area contributed by atoms with Crippen molar-refractivity contribution in [1.29, 1.82) is 0 Å². The first kappa shape index (κ1) is 15.1. The van der Waals surface area contributed by atoms with Crippen LogP contribution in [0.25, 0.3) is 0 Å². The lowest BCUT2D eigenvalue weighted by molar-refractivity contribution is 0.520. The topological polar surface area (TPSA) is 38.0 Å². The number of nitrogen functional groups attached to an aromatic ring is 1. The van der Waals surface area contributed by atoms with Crippen LogP contribution < -0.4 is 11.1 Å². The van der Waals surface area contributed by atoms with E-state index < -0.39 is 5.82 Å². The Hall–Kier alpha value is -0.960. The van der Waals surface area contributed by atoms with Crippen molar-refractivity contribution in [1.82, 2.24) is 0 Å². The van der Waals surface area contributed by atoms with Crippen LogP contribution in [-0.4, -0.2) is 6.04 Å². The Kier molecular flexibility index (Phi) is 5.73. The van der Waals surface area contributed by atoms with Crippen molar-refractivity contribution in [2.24, 2.45) is 5.92 Å². The number of halogens is 2. The lowest BCUT2D eigenvalue weighted by Crippen LogP contribution is -2.16. The van der Waals surface area contributed by atoms with Gasteiger partial charge in [-0.1, -0.05) is 38.3 Å². The molecule has 0 amide bonds. The third-order valence-corrected chi connectivity index (χ3v) is 3.20. The SMILES string of the molecule is CC(C)CCCC(C)Nc1cc(Cl)c(F)cc1N. The van der Waals surface area contributed by atoms with Crippen molar-refractivity contribution in [3.63, 3.8) is 0 Å². The molecule has 1 rings (SSSR count). The summed E-state index contributed by atoms with van der Waals surface area (Å²) in [6, 6.07) is 3.10. The molecule has 2 nitrogen and oxygen atoms in total.